The van der Waals surface area contributed by atoms with E-state index in [2.05, 4.69) is 63.1 Å². The first-order valence-corrected chi connectivity index (χ1v) is 7.47. The normalized spacial score (nSPS) is 11.1. The smallest absolute Gasteiger partial charge is 0.0274 e. The summed E-state index contributed by atoms with van der Waals surface area (Å²) in [5, 5.41) is 0. The Morgan fingerprint density at radius 3 is 2.31 bits per heavy atom. The van der Waals surface area contributed by atoms with Gasteiger partial charge in [0.1, 0.15) is 0 Å². The fourth-order valence-corrected chi connectivity index (χ4v) is 2.19. The van der Waals surface area contributed by atoms with Gasteiger partial charge in [-0.3, -0.25) is 0 Å². The van der Waals surface area contributed by atoms with Gasteiger partial charge in [0, 0.05) is 0 Å². The zero-order chi connectivity index (χ0) is 11.5. The number of unbranched alkanes of at least 4 members (excludes halogenated alkanes) is 5. The summed E-state index contributed by atoms with van der Waals surface area (Å²) in [6.07, 6.45) is 11.6. The molecule has 0 heterocycles. The van der Waals surface area contributed by atoms with Gasteiger partial charge in [0.15, 0.2) is 0 Å². The van der Waals surface area contributed by atoms with Gasteiger partial charge in [0.2, 0.25) is 0 Å². The Kier molecular flexibility index (Phi) is 8.50. The minimum absolute atomic E-state index is 1.24. The molecule has 0 spiro atoms. The highest BCUT2D eigenvalue weighted by molar-refractivity contribution is 14.1. The lowest BCUT2D eigenvalue weighted by Crippen LogP contribution is -1.85. The highest BCUT2D eigenvalue weighted by Crippen LogP contribution is 2.10. The molecule has 1 rings (SSSR count). The second kappa shape index (κ2) is 9.88. The largest absolute Gasteiger partial charge is 0.0785 e. The van der Waals surface area contributed by atoms with Crippen molar-refractivity contribution in [2.75, 3.05) is 0 Å². The Morgan fingerprint density at radius 1 is 0.875 bits per heavy atom. The molecule has 0 N–H and O–H groups in total. The molecule has 16 heavy (non-hydrogen) atoms. The Morgan fingerprint density at radius 2 is 1.56 bits per heavy atom. The molecule has 1 heteroatoms. The summed E-state index contributed by atoms with van der Waals surface area (Å²) in [7, 11) is 0. The van der Waals surface area contributed by atoms with Gasteiger partial charge in [-0.05, 0) is 35.3 Å². The van der Waals surface area contributed by atoms with Crippen molar-refractivity contribution in [2.45, 2.75) is 44.9 Å². The van der Waals surface area contributed by atoms with E-state index in [1.54, 1.807) is 0 Å². The van der Waals surface area contributed by atoms with E-state index in [-0.39, 0.29) is 0 Å². The third kappa shape index (κ3) is 7.04. The minimum Gasteiger partial charge on any atom is -0.0785 e. The number of rotatable bonds is 8. The zero-order valence-corrected chi connectivity index (χ0v) is 12.0. The van der Waals surface area contributed by atoms with Gasteiger partial charge in [-0.2, -0.15) is 0 Å². The molecule has 0 aliphatic rings. The van der Waals surface area contributed by atoms with Crippen molar-refractivity contribution in [3.8, 4) is 0 Å². The molecule has 0 atom stereocenters. The summed E-state index contributed by atoms with van der Waals surface area (Å²) >= 11 is 2.29. The van der Waals surface area contributed by atoms with E-state index in [0.29, 0.717) is 0 Å². The lowest BCUT2D eigenvalue weighted by molar-refractivity contribution is 0.618. The molecule has 0 nitrogen and oxygen atoms in total. The maximum Gasteiger partial charge on any atom is -0.0274 e. The van der Waals surface area contributed by atoms with Crippen LogP contribution in [0.2, 0.25) is 0 Å². The average molecular weight is 328 g/mol. The van der Waals surface area contributed by atoms with Gasteiger partial charge in [-0.15, -0.1) is 0 Å². The van der Waals surface area contributed by atoms with Crippen LogP contribution in [0.4, 0.5) is 0 Å². The van der Waals surface area contributed by atoms with Gasteiger partial charge in [-0.25, -0.2) is 0 Å². The molecule has 1 aromatic rings. The van der Waals surface area contributed by atoms with Crippen molar-refractivity contribution in [1.82, 2.24) is 0 Å². The molecule has 0 amide bonds. The van der Waals surface area contributed by atoms with Crippen molar-refractivity contribution < 1.29 is 0 Å². The first-order chi connectivity index (χ1) is 7.93. The summed E-state index contributed by atoms with van der Waals surface area (Å²) in [4.78, 5) is 0. The van der Waals surface area contributed by atoms with Gasteiger partial charge >= 0.3 is 0 Å². The van der Waals surface area contributed by atoms with Crippen LogP contribution < -0.4 is 0 Å². The molecule has 0 radical (unpaired) electrons. The third-order valence-corrected chi connectivity index (χ3v) is 3.28. The van der Waals surface area contributed by atoms with Gasteiger partial charge in [-0.1, -0.05) is 78.3 Å². The maximum absolute atomic E-state index is 2.29. The lowest BCUT2D eigenvalue weighted by atomic mass is 10.1. The molecule has 0 saturated carbocycles. The van der Waals surface area contributed by atoms with E-state index in [0.717, 1.165) is 0 Å². The van der Waals surface area contributed by atoms with Gasteiger partial charge in [0.05, 0.1) is 0 Å². The monoisotopic (exact) mass is 328 g/mol. The number of benzene rings is 1. The number of aryl methyl sites for hydroxylation is 1. The minimum atomic E-state index is 1.24. The van der Waals surface area contributed by atoms with Crippen LogP contribution >= 0.6 is 22.6 Å². The quantitative estimate of drug-likeness (QED) is 0.435. The maximum atomic E-state index is 2.29. The zero-order valence-electron chi connectivity index (χ0n) is 9.87. The first kappa shape index (κ1) is 13.8. The highest BCUT2D eigenvalue weighted by Gasteiger charge is 1.92. The van der Waals surface area contributed by atoms with E-state index in [9.17, 15) is 0 Å². The summed E-state index contributed by atoms with van der Waals surface area (Å²) in [6, 6.07) is 10.8. The highest BCUT2D eigenvalue weighted by atomic mass is 127. The molecule has 1 aromatic carbocycles. The van der Waals surface area contributed by atoms with Gasteiger partial charge < -0.3 is 0 Å². The van der Waals surface area contributed by atoms with Gasteiger partial charge in [0.25, 0.3) is 0 Å². The van der Waals surface area contributed by atoms with Crippen LogP contribution in [0.1, 0.15) is 44.1 Å². The average Bonchev–Trinajstić information content (AvgIpc) is 2.34. The van der Waals surface area contributed by atoms with Crippen LogP contribution in [0.15, 0.2) is 40.5 Å². The Bertz CT molecular complexity index is 277. The van der Waals surface area contributed by atoms with Crippen molar-refractivity contribution in [3.63, 3.8) is 0 Å². The summed E-state index contributed by atoms with van der Waals surface area (Å²) in [5.74, 6) is 0. The topological polar surface area (TPSA) is 0 Å². The molecule has 0 saturated heterocycles. The van der Waals surface area contributed by atoms with Crippen LogP contribution in [-0.4, -0.2) is 0 Å². The second-order valence-electron chi connectivity index (χ2n) is 4.15. The summed E-state index contributed by atoms with van der Waals surface area (Å²) in [5.41, 5.74) is 1.48. The van der Waals surface area contributed by atoms with Crippen molar-refractivity contribution in [3.05, 3.63) is 46.1 Å². The van der Waals surface area contributed by atoms with Crippen LogP contribution in [-0.2, 0) is 6.42 Å². The van der Waals surface area contributed by atoms with E-state index < -0.39 is 0 Å². The van der Waals surface area contributed by atoms with Crippen LogP contribution in [0.5, 0.6) is 0 Å². The van der Waals surface area contributed by atoms with E-state index in [1.165, 1.54) is 50.5 Å². The lowest BCUT2D eigenvalue weighted by Gasteiger charge is -2.01. The van der Waals surface area contributed by atoms with Crippen LogP contribution in [0, 0.1) is 0 Å². The first-order valence-electron chi connectivity index (χ1n) is 6.22. The van der Waals surface area contributed by atoms with Crippen LogP contribution in [0.25, 0.3) is 0 Å². The van der Waals surface area contributed by atoms with E-state index >= 15 is 0 Å². The molecule has 0 aliphatic carbocycles. The number of allylic oxidation sites excluding steroid dienone is 1. The van der Waals surface area contributed by atoms with E-state index in [1.807, 2.05) is 0 Å². The number of hydrogen-bond acceptors (Lipinski definition) is 0. The SMILES string of the molecule is IC=CCCCCCCCc1ccccc1. The molecule has 0 aliphatic heterocycles. The Labute approximate surface area is 113 Å². The summed E-state index contributed by atoms with van der Waals surface area (Å²) < 4.78 is 2.12. The molecule has 0 fully saturated rings. The fraction of sp³-hybridized carbons (Fsp3) is 0.467. The van der Waals surface area contributed by atoms with Crippen molar-refractivity contribution in [1.29, 1.82) is 0 Å². The molecule has 0 aromatic heterocycles. The predicted octanol–water partition coefficient (Wildman–Crippen LogP) is 5.52. The molecule has 88 valence electrons. The number of hydrogen-bond donors (Lipinski definition) is 0. The van der Waals surface area contributed by atoms with Crippen molar-refractivity contribution >= 4 is 22.6 Å². The fourth-order valence-electron chi connectivity index (χ4n) is 1.83. The number of halogens is 1. The second-order valence-corrected chi connectivity index (χ2v) is 4.87. The van der Waals surface area contributed by atoms with E-state index in [4.69, 9.17) is 0 Å². The molecular formula is C15H21I. The standard InChI is InChI=1S/C15H21I/c16-14-10-5-3-1-2-4-7-11-15-12-8-6-9-13-15/h6,8-10,12-14H,1-5,7,11H2. The Hall–Kier alpha value is -0.310. The Balaban J connectivity index is 1.92. The molecule has 0 unspecified atom stereocenters. The van der Waals surface area contributed by atoms with Crippen LogP contribution in [0.3, 0.4) is 0 Å². The third-order valence-electron chi connectivity index (χ3n) is 2.77. The predicted molar refractivity (Wildman–Crippen MR) is 81.0 cm³/mol. The summed E-state index contributed by atoms with van der Waals surface area (Å²) in [6.45, 7) is 0. The molecule has 0 bridgehead atoms. The molecular weight excluding hydrogens is 307 g/mol. The van der Waals surface area contributed by atoms with Crippen molar-refractivity contribution in [2.24, 2.45) is 0 Å².